The average Bonchev–Trinajstić information content (AvgIpc) is 2.53. The molecular weight excluding hydrogens is 240 g/mol. The van der Waals surface area contributed by atoms with Crippen molar-refractivity contribution < 1.29 is 0 Å². The summed E-state index contributed by atoms with van der Waals surface area (Å²) in [4.78, 5) is 0. The van der Waals surface area contributed by atoms with E-state index in [4.69, 9.17) is 0 Å². The van der Waals surface area contributed by atoms with Crippen molar-refractivity contribution in [3.05, 3.63) is 84.0 Å². The van der Waals surface area contributed by atoms with Gasteiger partial charge in [-0.2, -0.15) is 0 Å². The van der Waals surface area contributed by atoms with Gasteiger partial charge >= 0.3 is 0 Å². The molecule has 0 saturated heterocycles. The zero-order valence-electron chi connectivity index (χ0n) is 12.5. The molecular formula is C20H22. The van der Waals surface area contributed by atoms with Gasteiger partial charge in [0.25, 0.3) is 0 Å². The average molecular weight is 262 g/mol. The molecule has 0 spiro atoms. The smallest absolute Gasteiger partial charge is 0.000722 e. The fraction of sp³-hybridized carbons (Fsp3) is 0.200. The first-order valence-electron chi connectivity index (χ1n) is 7.17. The topological polar surface area (TPSA) is 0 Å². The summed E-state index contributed by atoms with van der Waals surface area (Å²) in [5, 5.41) is 0. The predicted octanol–water partition coefficient (Wildman–Crippen LogP) is 5.98. The van der Waals surface area contributed by atoms with Crippen LogP contribution in [-0.4, -0.2) is 0 Å². The van der Waals surface area contributed by atoms with E-state index in [1.165, 1.54) is 22.3 Å². The number of benzene rings is 2. The van der Waals surface area contributed by atoms with E-state index in [9.17, 15) is 0 Å². The maximum Gasteiger partial charge on any atom is -0.000722 e. The monoisotopic (exact) mass is 262 g/mol. The van der Waals surface area contributed by atoms with Crippen molar-refractivity contribution in [2.75, 3.05) is 0 Å². The van der Waals surface area contributed by atoms with Crippen LogP contribution in [0.5, 0.6) is 0 Å². The molecule has 1 unspecified atom stereocenters. The van der Waals surface area contributed by atoms with E-state index in [-0.39, 0.29) is 0 Å². The lowest BCUT2D eigenvalue weighted by Gasteiger charge is -2.08. The molecule has 0 aliphatic heterocycles. The second-order valence-electron chi connectivity index (χ2n) is 5.17. The first kappa shape index (κ1) is 14.3. The standard InChI is InChI=1S/C20H22/c1-4-16(2)10-11-17(3)18-12-14-20(15-13-18)19-8-6-5-7-9-19/h4-15,17H,1-3H3/b11-10-,16-4-. The van der Waals surface area contributed by atoms with Gasteiger partial charge in [0.05, 0.1) is 0 Å². The Morgan fingerprint density at radius 3 is 2.10 bits per heavy atom. The Balaban J connectivity index is 2.14. The van der Waals surface area contributed by atoms with Crippen LogP contribution >= 0.6 is 0 Å². The highest BCUT2D eigenvalue weighted by Gasteiger charge is 2.02. The molecule has 0 N–H and O–H groups in total. The Morgan fingerprint density at radius 1 is 0.900 bits per heavy atom. The van der Waals surface area contributed by atoms with Crippen LogP contribution in [0.1, 0.15) is 32.3 Å². The van der Waals surface area contributed by atoms with E-state index in [0.29, 0.717) is 5.92 Å². The molecule has 0 aliphatic carbocycles. The number of hydrogen-bond acceptors (Lipinski definition) is 0. The van der Waals surface area contributed by atoms with Crippen molar-refractivity contribution in [3.8, 4) is 11.1 Å². The molecule has 0 bridgehead atoms. The summed E-state index contributed by atoms with van der Waals surface area (Å²) in [5.41, 5.74) is 5.20. The van der Waals surface area contributed by atoms with Crippen LogP contribution in [0.4, 0.5) is 0 Å². The van der Waals surface area contributed by atoms with Crippen molar-refractivity contribution in [3.63, 3.8) is 0 Å². The Hall–Kier alpha value is -2.08. The van der Waals surface area contributed by atoms with E-state index < -0.39 is 0 Å². The third kappa shape index (κ3) is 3.71. The Bertz CT molecular complexity index is 586. The van der Waals surface area contributed by atoms with E-state index in [1.807, 2.05) is 6.07 Å². The molecule has 2 aromatic rings. The first-order valence-corrected chi connectivity index (χ1v) is 7.17. The summed E-state index contributed by atoms with van der Waals surface area (Å²) in [5.74, 6) is 0.440. The van der Waals surface area contributed by atoms with Crippen molar-refractivity contribution in [2.45, 2.75) is 26.7 Å². The van der Waals surface area contributed by atoms with E-state index in [0.717, 1.165) is 0 Å². The van der Waals surface area contributed by atoms with E-state index in [1.54, 1.807) is 0 Å². The molecule has 1 atom stereocenters. The molecule has 102 valence electrons. The molecule has 0 saturated carbocycles. The molecule has 0 heterocycles. The van der Waals surface area contributed by atoms with Gasteiger partial charge < -0.3 is 0 Å². The SMILES string of the molecule is C/C=C(C)\C=C/C(C)c1ccc(-c2ccccc2)cc1. The lowest BCUT2D eigenvalue weighted by atomic mass is 9.97. The summed E-state index contributed by atoms with van der Waals surface area (Å²) in [7, 11) is 0. The van der Waals surface area contributed by atoms with Gasteiger partial charge in [-0.1, -0.05) is 85.3 Å². The lowest BCUT2D eigenvalue weighted by Crippen LogP contribution is -1.89. The normalized spacial score (nSPS) is 13.7. The molecule has 0 radical (unpaired) electrons. The minimum atomic E-state index is 0.440. The summed E-state index contributed by atoms with van der Waals surface area (Å²) in [6.07, 6.45) is 6.57. The second kappa shape index (κ2) is 6.91. The largest absolute Gasteiger partial charge is 0.0847 e. The van der Waals surface area contributed by atoms with Crippen LogP contribution < -0.4 is 0 Å². The Kier molecular flexibility index (Phi) is 4.95. The Labute approximate surface area is 122 Å². The second-order valence-corrected chi connectivity index (χ2v) is 5.17. The van der Waals surface area contributed by atoms with Gasteiger partial charge in [0.2, 0.25) is 0 Å². The molecule has 20 heavy (non-hydrogen) atoms. The van der Waals surface area contributed by atoms with E-state index in [2.05, 4.69) is 87.5 Å². The maximum atomic E-state index is 2.26. The fourth-order valence-corrected chi connectivity index (χ4v) is 2.11. The van der Waals surface area contributed by atoms with Gasteiger partial charge in [-0.05, 0) is 36.5 Å². The van der Waals surface area contributed by atoms with E-state index >= 15 is 0 Å². The van der Waals surface area contributed by atoms with Gasteiger partial charge in [-0.3, -0.25) is 0 Å². The van der Waals surface area contributed by atoms with Crippen LogP contribution in [0.25, 0.3) is 11.1 Å². The van der Waals surface area contributed by atoms with Gasteiger partial charge in [0, 0.05) is 0 Å². The first-order chi connectivity index (χ1) is 9.70. The van der Waals surface area contributed by atoms with Crippen LogP contribution in [0.15, 0.2) is 78.4 Å². The quantitative estimate of drug-likeness (QED) is 0.595. The lowest BCUT2D eigenvalue weighted by molar-refractivity contribution is 0.966. The summed E-state index contributed by atoms with van der Waals surface area (Å²) < 4.78 is 0. The number of allylic oxidation sites excluding steroid dienone is 4. The predicted molar refractivity (Wildman–Crippen MR) is 88.9 cm³/mol. The van der Waals surface area contributed by atoms with Gasteiger partial charge in [0.1, 0.15) is 0 Å². The highest BCUT2D eigenvalue weighted by Crippen LogP contribution is 2.23. The third-order valence-corrected chi connectivity index (χ3v) is 3.65. The molecule has 2 rings (SSSR count). The van der Waals surface area contributed by atoms with Gasteiger partial charge in [0.15, 0.2) is 0 Å². The summed E-state index contributed by atoms with van der Waals surface area (Å²) in [6.45, 7) is 6.43. The molecule has 0 aliphatic rings. The minimum Gasteiger partial charge on any atom is -0.0847 e. The highest BCUT2D eigenvalue weighted by molar-refractivity contribution is 5.63. The molecule has 0 nitrogen and oxygen atoms in total. The molecule has 0 fully saturated rings. The van der Waals surface area contributed by atoms with Gasteiger partial charge in [-0.15, -0.1) is 0 Å². The van der Waals surface area contributed by atoms with Crippen LogP contribution in [0.2, 0.25) is 0 Å². The summed E-state index contributed by atoms with van der Waals surface area (Å²) in [6, 6.07) is 19.4. The number of rotatable bonds is 4. The zero-order chi connectivity index (χ0) is 14.4. The molecule has 0 heteroatoms. The van der Waals surface area contributed by atoms with Crippen LogP contribution in [0, 0.1) is 0 Å². The van der Waals surface area contributed by atoms with Crippen molar-refractivity contribution in [1.29, 1.82) is 0 Å². The zero-order valence-corrected chi connectivity index (χ0v) is 12.5. The van der Waals surface area contributed by atoms with Crippen LogP contribution in [0.3, 0.4) is 0 Å². The minimum absolute atomic E-state index is 0.440. The van der Waals surface area contributed by atoms with Crippen LogP contribution in [-0.2, 0) is 0 Å². The molecule has 0 amide bonds. The third-order valence-electron chi connectivity index (χ3n) is 3.65. The van der Waals surface area contributed by atoms with Gasteiger partial charge in [-0.25, -0.2) is 0 Å². The highest BCUT2D eigenvalue weighted by atomic mass is 14.1. The fourth-order valence-electron chi connectivity index (χ4n) is 2.11. The molecule has 2 aromatic carbocycles. The molecule has 0 aromatic heterocycles. The summed E-state index contributed by atoms with van der Waals surface area (Å²) >= 11 is 0. The van der Waals surface area contributed by atoms with Crippen molar-refractivity contribution >= 4 is 0 Å². The van der Waals surface area contributed by atoms with Crippen molar-refractivity contribution in [1.82, 2.24) is 0 Å². The number of hydrogen-bond donors (Lipinski definition) is 0. The Morgan fingerprint density at radius 2 is 1.50 bits per heavy atom. The maximum absolute atomic E-state index is 2.26. The van der Waals surface area contributed by atoms with Crippen molar-refractivity contribution in [2.24, 2.45) is 0 Å².